The van der Waals surface area contributed by atoms with Crippen LogP contribution in [0, 0.1) is 0 Å². The molecule has 0 saturated carbocycles. The van der Waals surface area contributed by atoms with Crippen LogP contribution in [0.2, 0.25) is 0 Å². The fraction of sp³-hybridized carbons (Fsp3) is 0.667. The lowest BCUT2D eigenvalue weighted by Crippen LogP contribution is -2.31. The first-order valence-corrected chi connectivity index (χ1v) is 6.61. The summed E-state index contributed by atoms with van der Waals surface area (Å²) in [5.74, 6) is 0.993. The standard InChI is InChI=1S/C9H18N4O2S/c1-12(2)16(14,15)7-5-10-8-9-11-4-6-13(9)3/h4,6,10H,5,7-8H2,1-3H3. The number of nitrogens with zero attached hydrogens (tertiary/aromatic N) is 3. The lowest BCUT2D eigenvalue weighted by molar-refractivity contribution is 0.516. The van der Waals surface area contributed by atoms with Crippen LogP contribution in [0.1, 0.15) is 5.82 Å². The van der Waals surface area contributed by atoms with Crippen LogP contribution in [0.5, 0.6) is 0 Å². The van der Waals surface area contributed by atoms with Crippen LogP contribution < -0.4 is 5.32 Å². The van der Waals surface area contributed by atoms with Crippen molar-refractivity contribution in [2.24, 2.45) is 7.05 Å². The molecule has 0 aliphatic rings. The van der Waals surface area contributed by atoms with E-state index in [4.69, 9.17) is 0 Å². The SMILES string of the molecule is CN(C)S(=O)(=O)CCNCc1nccn1C. The highest BCUT2D eigenvalue weighted by atomic mass is 32.2. The maximum Gasteiger partial charge on any atom is 0.214 e. The Labute approximate surface area is 96.3 Å². The van der Waals surface area contributed by atoms with E-state index >= 15 is 0 Å². The van der Waals surface area contributed by atoms with Crippen molar-refractivity contribution in [1.29, 1.82) is 0 Å². The lowest BCUT2D eigenvalue weighted by Gasteiger charge is -2.11. The molecule has 1 N–H and O–H groups in total. The minimum atomic E-state index is -3.11. The van der Waals surface area contributed by atoms with E-state index in [2.05, 4.69) is 10.3 Å². The monoisotopic (exact) mass is 246 g/mol. The van der Waals surface area contributed by atoms with Crippen molar-refractivity contribution in [3.63, 3.8) is 0 Å². The minimum Gasteiger partial charge on any atom is -0.337 e. The molecule has 0 aliphatic heterocycles. The predicted octanol–water partition coefficient (Wildman–Crippen LogP) is -0.599. The Bertz CT molecular complexity index is 424. The molecule has 0 unspecified atom stereocenters. The summed E-state index contributed by atoms with van der Waals surface area (Å²) in [6.07, 6.45) is 3.57. The highest BCUT2D eigenvalue weighted by Gasteiger charge is 2.12. The van der Waals surface area contributed by atoms with E-state index in [1.54, 1.807) is 6.20 Å². The molecule has 0 bridgehead atoms. The van der Waals surface area contributed by atoms with Gasteiger partial charge in [0.15, 0.2) is 0 Å². The molecule has 0 spiro atoms. The molecule has 0 atom stereocenters. The summed E-state index contributed by atoms with van der Waals surface area (Å²) in [5, 5.41) is 3.05. The average molecular weight is 246 g/mol. The first-order chi connectivity index (χ1) is 7.43. The Balaban J connectivity index is 2.30. The van der Waals surface area contributed by atoms with Crippen LogP contribution in [0.15, 0.2) is 12.4 Å². The van der Waals surface area contributed by atoms with Crippen molar-refractivity contribution in [2.45, 2.75) is 6.54 Å². The molecule has 92 valence electrons. The molecule has 0 radical (unpaired) electrons. The molecule has 1 aromatic heterocycles. The predicted molar refractivity (Wildman–Crippen MR) is 62.4 cm³/mol. The van der Waals surface area contributed by atoms with Crippen LogP contribution in [-0.4, -0.2) is 48.7 Å². The van der Waals surface area contributed by atoms with Crippen LogP contribution in [0.4, 0.5) is 0 Å². The molecule has 7 heteroatoms. The number of hydrogen-bond acceptors (Lipinski definition) is 4. The molecule has 6 nitrogen and oxygen atoms in total. The number of imidazole rings is 1. The van der Waals surface area contributed by atoms with Crippen molar-refractivity contribution < 1.29 is 8.42 Å². The summed E-state index contributed by atoms with van der Waals surface area (Å²) >= 11 is 0. The number of rotatable bonds is 6. The third-order valence-corrected chi connectivity index (χ3v) is 4.13. The van der Waals surface area contributed by atoms with Gasteiger partial charge in [0.1, 0.15) is 5.82 Å². The van der Waals surface area contributed by atoms with Gasteiger partial charge in [-0.3, -0.25) is 0 Å². The van der Waals surface area contributed by atoms with E-state index < -0.39 is 10.0 Å². The molecular formula is C9H18N4O2S. The summed E-state index contributed by atoms with van der Waals surface area (Å²) in [6.45, 7) is 1.000. The third-order valence-electron chi connectivity index (χ3n) is 2.30. The van der Waals surface area contributed by atoms with Crippen molar-refractivity contribution in [2.75, 3.05) is 26.4 Å². The van der Waals surface area contributed by atoms with Gasteiger partial charge in [-0.05, 0) is 0 Å². The lowest BCUT2D eigenvalue weighted by atomic mass is 10.5. The van der Waals surface area contributed by atoms with Gasteiger partial charge in [0, 0.05) is 40.1 Å². The normalized spacial score (nSPS) is 12.2. The fourth-order valence-corrected chi connectivity index (χ4v) is 1.92. The minimum absolute atomic E-state index is 0.102. The van der Waals surface area contributed by atoms with Gasteiger partial charge in [-0.2, -0.15) is 0 Å². The Morgan fingerprint density at radius 2 is 2.19 bits per heavy atom. The summed E-state index contributed by atoms with van der Waals surface area (Å²) < 4.78 is 26.0. The topological polar surface area (TPSA) is 67.2 Å². The smallest absolute Gasteiger partial charge is 0.214 e. The molecular weight excluding hydrogens is 228 g/mol. The maximum absolute atomic E-state index is 11.4. The molecule has 16 heavy (non-hydrogen) atoms. The molecule has 0 amide bonds. The fourth-order valence-electron chi connectivity index (χ4n) is 1.15. The van der Waals surface area contributed by atoms with Gasteiger partial charge in [0.2, 0.25) is 10.0 Å². The molecule has 0 saturated heterocycles. The summed E-state index contributed by atoms with van der Waals surface area (Å²) in [5.41, 5.74) is 0. The first-order valence-electron chi connectivity index (χ1n) is 5.00. The van der Waals surface area contributed by atoms with Crippen molar-refractivity contribution in [3.05, 3.63) is 18.2 Å². The van der Waals surface area contributed by atoms with E-state index in [0.29, 0.717) is 13.1 Å². The van der Waals surface area contributed by atoms with Crippen LogP contribution in [-0.2, 0) is 23.6 Å². The summed E-state index contributed by atoms with van der Waals surface area (Å²) in [7, 11) is 1.87. The van der Waals surface area contributed by atoms with Gasteiger partial charge < -0.3 is 9.88 Å². The van der Waals surface area contributed by atoms with Gasteiger partial charge in [-0.1, -0.05) is 0 Å². The van der Waals surface area contributed by atoms with Gasteiger partial charge in [0.25, 0.3) is 0 Å². The van der Waals surface area contributed by atoms with Crippen LogP contribution in [0.3, 0.4) is 0 Å². The maximum atomic E-state index is 11.4. The number of aromatic nitrogens is 2. The Morgan fingerprint density at radius 3 is 2.69 bits per heavy atom. The Hall–Kier alpha value is -0.920. The molecule has 1 aromatic rings. The van der Waals surface area contributed by atoms with E-state index in [0.717, 1.165) is 5.82 Å². The number of aryl methyl sites for hydroxylation is 1. The van der Waals surface area contributed by atoms with E-state index in [1.807, 2.05) is 17.8 Å². The van der Waals surface area contributed by atoms with Gasteiger partial charge in [-0.25, -0.2) is 17.7 Å². The molecule has 1 rings (SSSR count). The molecule has 1 heterocycles. The van der Waals surface area contributed by atoms with Crippen LogP contribution >= 0.6 is 0 Å². The second kappa shape index (κ2) is 5.42. The second-order valence-corrected chi connectivity index (χ2v) is 6.03. The van der Waals surface area contributed by atoms with Crippen molar-refractivity contribution in [1.82, 2.24) is 19.2 Å². The summed E-state index contributed by atoms with van der Waals surface area (Å²) in [6, 6.07) is 0. The second-order valence-electron chi connectivity index (χ2n) is 3.73. The number of nitrogens with one attached hydrogen (secondary N) is 1. The van der Waals surface area contributed by atoms with E-state index in [1.165, 1.54) is 18.4 Å². The largest absolute Gasteiger partial charge is 0.337 e. The zero-order valence-electron chi connectivity index (χ0n) is 9.84. The van der Waals surface area contributed by atoms with E-state index in [-0.39, 0.29) is 5.75 Å². The Kier molecular flexibility index (Phi) is 4.45. The van der Waals surface area contributed by atoms with Gasteiger partial charge >= 0.3 is 0 Å². The molecule has 0 fully saturated rings. The first kappa shape index (κ1) is 13.1. The molecule has 0 aromatic carbocycles. The average Bonchev–Trinajstić information content (AvgIpc) is 2.59. The molecule has 0 aliphatic carbocycles. The van der Waals surface area contributed by atoms with Gasteiger partial charge in [-0.15, -0.1) is 0 Å². The number of hydrogen-bond donors (Lipinski definition) is 1. The van der Waals surface area contributed by atoms with Crippen molar-refractivity contribution in [3.8, 4) is 0 Å². The number of sulfonamides is 1. The quantitative estimate of drug-likeness (QED) is 0.681. The zero-order chi connectivity index (χ0) is 12.2. The third kappa shape index (κ3) is 3.58. The summed E-state index contributed by atoms with van der Waals surface area (Å²) in [4.78, 5) is 4.13. The highest BCUT2D eigenvalue weighted by molar-refractivity contribution is 7.89. The Morgan fingerprint density at radius 1 is 1.50 bits per heavy atom. The van der Waals surface area contributed by atoms with Crippen molar-refractivity contribution >= 4 is 10.0 Å². The highest BCUT2D eigenvalue weighted by Crippen LogP contribution is 1.94. The van der Waals surface area contributed by atoms with E-state index in [9.17, 15) is 8.42 Å². The van der Waals surface area contributed by atoms with Crippen LogP contribution in [0.25, 0.3) is 0 Å². The van der Waals surface area contributed by atoms with Gasteiger partial charge in [0.05, 0.1) is 12.3 Å². The zero-order valence-corrected chi connectivity index (χ0v) is 10.7.